The summed E-state index contributed by atoms with van der Waals surface area (Å²) in [6, 6.07) is 11.1. The van der Waals surface area contributed by atoms with Gasteiger partial charge in [0, 0.05) is 48.5 Å². The first-order valence-electron chi connectivity index (χ1n) is 11.6. The Morgan fingerprint density at radius 1 is 1.14 bits per heavy atom. The van der Waals surface area contributed by atoms with Crippen molar-refractivity contribution in [3.63, 3.8) is 0 Å². The molecule has 10 heteroatoms. The first kappa shape index (κ1) is 23.0. The first-order valence-corrected chi connectivity index (χ1v) is 12.5. The monoisotopic (exact) mass is 490 g/mol. The maximum atomic E-state index is 13.2. The van der Waals surface area contributed by atoms with Crippen molar-refractivity contribution in [1.29, 1.82) is 0 Å². The molecule has 9 nitrogen and oxygen atoms in total. The number of fused-ring (bicyclic) bond motifs is 1. The Morgan fingerprint density at radius 2 is 1.94 bits per heavy atom. The molecular weight excluding hydrogens is 464 g/mol. The molecule has 4 heterocycles. The molecule has 1 aliphatic heterocycles. The molecule has 0 unspecified atom stereocenters. The highest BCUT2D eigenvalue weighted by atomic mass is 32.1. The number of carbonyl (C=O) groups is 2. The van der Waals surface area contributed by atoms with E-state index in [1.54, 1.807) is 35.5 Å². The Balaban J connectivity index is 1.23. The molecule has 1 N–H and O–H groups in total. The Kier molecular flexibility index (Phi) is 6.45. The second-order valence-electron chi connectivity index (χ2n) is 8.35. The maximum Gasteiger partial charge on any atom is 0.276 e. The molecule has 2 amide bonds. The van der Waals surface area contributed by atoms with Gasteiger partial charge in [0.1, 0.15) is 23.0 Å². The zero-order valence-corrected chi connectivity index (χ0v) is 20.4. The van der Waals surface area contributed by atoms with Crippen molar-refractivity contribution in [1.82, 2.24) is 24.6 Å². The largest absolute Gasteiger partial charge is 0.496 e. The summed E-state index contributed by atoms with van der Waals surface area (Å²) in [5.74, 6) is 1.17. The van der Waals surface area contributed by atoms with Crippen molar-refractivity contribution >= 4 is 39.9 Å². The van der Waals surface area contributed by atoms with Gasteiger partial charge >= 0.3 is 0 Å². The smallest absolute Gasteiger partial charge is 0.276 e. The fraction of sp³-hybridized carbons (Fsp3) is 0.320. The minimum atomic E-state index is -0.244. The van der Waals surface area contributed by atoms with E-state index < -0.39 is 0 Å². The summed E-state index contributed by atoms with van der Waals surface area (Å²) in [7, 11) is 1.60. The molecule has 0 aliphatic carbocycles. The number of likely N-dealkylation sites (tertiary alicyclic amines) is 1. The van der Waals surface area contributed by atoms with Crippen LogP contribution in [0.25, 0.3) is 10.9 Å². The predicted octanol–water partition coefficient (Wildman–Crippen LogP) is 4.19. The molecule has 0 atom stereocenters. The molecule has 0 bridgehead atoms. The van der Waals surface area contributed by atoms with Gasteiger partial charge in [0.2, 0.25) is 0 Å². The van der Waals surface area contributed by atoms with Crippen molar-refractivity contribution in [2.75, 3.05) is 25.5 Å². The number of aromatic nitrogens is 4. The Morgan fingerprint density at radius 3 is 2.71 bits per heavy atom. The number of benzene rings is 1. The van der Waals surface area contributed by atoms with E-state index in [2.05, 4.69) is 20.4 Å². The Bertz CT molecular complexity index is 1370. The van der Waals surface area contributed by atoms with E-state index in [9.17, 15) is 9.59 Å². The minimum Gasteiger partial charge on any atom is -0.496 e. The summed E-state index contributed by atoms with van der Waals surface area (Å²) in [6.07, 6.45) is 3.23. The lowest BCUT2D eigenvalue weighted by Crippen LogP contribution is -2.38. The number of thiazole rings is 1. The van der Waals surface area contributed by atoms with Crippen molar-refractivity contribution in [3.8, 4) is 5.75 Å². The highest BCUT2D eigenvalue weighted by Crippen LogP contribution is 2.32. The lowest BCUT2D eigenvalue weighted by molar-refractivity contribution is 0.0707. The highest BCUT2D eigenvalue weighted by Gasteiger charge is 2.28. The van der Waals surface area contributed by atoms with Gasteiger partial charge < -0.3 is 15.0 Å². The van der Waals surface area contributed by atoms with Crippen LogP contribution < -0.4 is 10.1 Å². The van der Waals surface area contributed by atoms with Crippen LogP contribution in [0, 0.1) is 0 Å². The number of ether oxygens (including phenoxy) is 1. The number of rotatable bonds is 6. The third kappa shape index (κ3) is 4.61. The van der Waals surface area contributed by atoms with Gasteiger partial charge in [-0.2, -0.15) is 5.10 Å². The molecule has 0 saturated carbocycles. The van der Waals surface area contributed by atoms with E-state index >= 15 is 0 Å². The molecule has 1 saturated heterocycles. The second kappa shape index (κ2) is 9.83. The summed E-state index contributed by atoms with van der Waals surface area (Å²) < 4.78 is 7.21. The summed E-state index contributed by atoms with van der Waals surface area (Å²) in [6.45, 7) is 3.85. The van der Waals surface area contributed by atoms with Gasteiger partial charge in [-0.3, -0.25) is 9.59 Å². The van der Waals surface area contributed by atoms with Crippen LogP contribution in [0.1, 0.15) is 51.7 Å². The summed E-state index contributed by atoms with van der Waals surface area (Å²) in [5.41, 5.74) is 1.53. The first-order chi connectivity index (χ1) is 17.1. The zero-order valence-electron chi connectivity index (χ0n) is 19.6. The summed E-state index contributed by atoms with van der Waals surface area (Å²) >= 11 is 1.49. The summed E-state index contributed by atoms with van der Waals surface area (Å²) in [5, 5.41) is 10.6. The quantitative estimate of drug-likeness (QED) is 0.435. The van der Waals surface area contributed by atoms with Crippen LogP contribution in [0.5, 0.6) is 5.75 Å². The second-order valence-corrected chi connectivity index (χ2v) is 9.24. The summed E-state index contributed by atoms with van der Waals surface area (Å²) in [4.78, 5) is 36.8. The van der Waals surface area contributed by atoms with Gasteiger partial charge in [-0.1, -0.05) is 12.1 Å². The number of carbonyl (C=O) groups excluding carboxylic acids is 2. The number of piperidine rings is 1. The number of anilines is 1. The Labute approximate surface area is 206 Å². The van der Waals surface area contributed by atoms with Crippen molar-refractivity contribution in [3.05, 3.63) is 64.4 Å². The number of amides is 2. The van der Waals surface area contributed by atoms with E-state index in [1.807, 2.05) is 36.1 Å². The van der Waals surface area contributed by atoms with Crippen molar-refractivity contribution in [2.24, 2.45) is 0 Å². The van der Waals surface area contributed by atoms with Crippen LogP contribution in [0.2, 0.25) is 0 Å². The number of nitrogens with zero attached hydrogens (tertiary/aromatic N) is 5. The molecule has 3 aromatic heterocycles. The molecule has 180 valence electrons. The van der Waals surface area contributed by atoms with E-state index in [1.165, 1.54) is 11.3 Å². The molecule has 0 spiro atoms. The van der Waals surface area contributed by atoms with Crippen LogP contribution >= 0.6 is 11.3 Å². The predicted molar refractivity (Wildman–Crippen MR) is 134 cm³/mol. The van der Waals surface area contributed by atoms with E-state index in [0.717, 1.165) is 28.8 Å². The van der Waals surface area contributed by atoms with E-state index in [-0.39, 0.29) is 17.7 Å². The van der Waals surface area contributed by atoms with E-state index in [4.69, 9.17) is 4.74 Å². The lowest BCUT2D eigenvalue weighted by Gasteiger charge is -2.31. The van der Waals surface area contributed by atoms with Crippen molar-refractivity contribution in [2.45, 2.75) is 32.2 Å². The van der Waals surface area contributed by atoms with Crippen LogP contribution in [0.4, 0.5) is 5.82 Å². The van der Waals surface area contributed by atoms with Crippen LogP contribution in [0.15, 0.2) is 48.0 Å². The molecule has 5 rings (SSSR count). The van der Waals surface area contributed by atoms with Crippen LogP contribution in [-0.4, -0.2) is 56.7 Å². The van der Waals surface area contributed by atoms with E-state index in [0.29, 0.717) is 42.6 Å². The third-order valence-electron chi connectivity index (χ3n) is 6.26. The number of para-hydroxylation sites is 1. The van der Waals surface area contributed by atoms with Gasteiger partial charge in [-0.15, -0.1) is 11.3 Å². The molecule has 0 radical (unpaired) electrons. The number of methoxy groups -OCH3 is 1. The average Bonchev–Trinajstić information content (AvgIpc) is 3.57. The molecule has 35 heavy (non-hydrogen) atoms. The molecule has 1 fully saturated rings. The van der Waals surface area contributed by atoms with Gasteiger partial charge in [-0.05, 0) is 31.9 Å². The SMILES string of the molecule is CCn1nccc1NC(=O)c1csc(C2CCN(C(=O)c3cc(OC)c4ccccc4n3)CC2)n1. The van der Waals surface area contributed by atoms with Gasteiger partial charge in [-0.25, -0.2) is 14.6 Å². The average molecular weight is 491 g/mol. The normalized spacial score (nSPS) is 14.3. The number of hydrogen-bond acceptors (Lipinski definition) is 7. The standard InChI is InChI=1S/C25H26N6O3S/c1-3-31-22(8-11-26-31)29-23(32)20-15-35-24(28-20)16-9-12-30(13-10-16)25(33)19-14-21(34-2)17-6-4-5-7-18(17)27-19/h4-8,11,14-16H,3,9-10,12-13H2,1-2H3,(H,29,32). The molecule has 4 aromatic rings. The minimum absolute atomic E-state index is 0.0979. The van der Waals surface area contributed by atoms with Gasteiger partial charge in [0.05, 0.1) is 23.8 Å². The molecular formula is C25H26N6O3S. The molecule has 1 aliphatic rings. The Hall–Kier alpha value is -3.79. The van der Waals surface area contributed by atoms with Crippen LogP contribution in [0.3, 0.4) is 0 Å². The topological polar surface area (TPSA) is 102 Å². The molecule has 1 aromatic carbocycles. The van der Waals surface area contributed by atoms with Crippen LogP contribution in [-0.2, 0) is 6.54 Å². The van der Waals surface area contributed by atoms with Gasteiger partial charge in [0.15, 0.2) is 0 Å². The number of pyridine rings is 1. The van der Waals surface area contributed by atoms with Crippen molar-refractivity contribution < 1.29 is 14.3 Å². The number of hydrogen-bond donors (Lipinski definition) is 1. The third-order valence-corrected chi connectivity index (χ3v) is 7.27. The lowest BCUT2D eigenvalue weighted by atomic mass is 9.97. The fourth-order valence-corrected chi connectivity index (χ4v) is 5.34. The number of aryl methyl sites for hydroxylation is 1. The van der Waals surface area contributed by atoms with Gasteiger partial charge in [0.25, 0.3) is 11.8 Å². The number of nitrogens with one attached hydrogen (secondary N) is 1. The fourth-order valence-electron chi connectivity index (χ4n) is 4.36. The zero-order chi connectivity index (χ0) is 24.4. The maximum absolute atomic E-state index is 13.2. The highest BCUT2D eigenvalue weighted by molar-refractivity contribution is 7.10.